The maximum absolute atomic E-state index is 12.7. The predicted molar refractivity (Wildman–Crippen MR) is 108 cm³/mol. The largest absolute Gasteiger partial charge is 0.496 e. The molecule has 0 radical (unpaired) electrons. The third-order valence-corrected chi connectivity index (χ3v) is 4.86. The van der Waals surface area contributed by atoms with Crippen LogP contribution in [0.4, 0.5) is 5.69 Å². The van der Waals surface area contributed by atoms with Crippen molar-refractivity contribution in [3.05, 3.63) is 59.7 Å². The van der Waals surface area contributed by atoms with Gasteiger partial charge in [0.2, 0.25) is 5.91 Å². The Morgan fingerprint density at radius 2 is 1.62 bits per heavy atom. The molecule has 0 spiro atoms. The fourth-order valence-corrected chi connectivity index (χ4v) is 3.07. The monoisotopic (exact) mass is 354 g/mol. The number of carbonyl (C=O) groups excluding carboxylic acids is 1. The summed E-state index contributed by atoms with van der Waals surface area (Å²) in [4.78, 5) is 12.7. The molecule has 0 aromatic heterocycles. The highest BCUT2D eigenvalue weighted by atomic mass is 16.5. The van der Waals surface area contributed by atoms with Crippen LogP contribution in [0, 0.1) is 0 Å². The molecule has 3 atom stereocenters. The first-order valence-corrected chi connectivity index (χ1v) is 9.26. The van der Waals surface area contributed by atoms with Crippen molar-refractivity contribution in [1.82, 2.24) is 5.32 Å². The third kappa shape index (κ3) is 4.85. The molecule has 0 aliphatic carbocycles. The van der Waals surface area contributed by atoms with E-state index >= 15 is 0 Å². The number of nitrogens with one attached hydrogen (secondary N) is 2. The van der Waals surface area contributed by atoms with Crippen LogP contribution in [0.3, 0.4) is 0 Å². The van der Waals surface area contributed by atoms with Crippen molar-refractivity contribution in [2.24, 2.45) is 0 Å². The summed E-state index contributed by atoms with van der Waals surface area (Å²) in [5, 5.41) is 6.44. The normalized spacial score (nSPS) is 14.3. The molecule has 0 heterocycles. The van der Waals surface area contributed by atoms with E-state index < -0.39 is 0 Å². The Hall–Kier alpha value is -2.33. The molecule has 4 nitrogen and oxygen atoms in total. The van der Waals surface area contributed by atoms with Gasteiger partial charge in [-0.1, -0.05) is 50.2 Å². The van der Waals surface area contributed by atoms with Crippen LogP contribution in [0.25, 0.3) is 0 Å². The van der Waals surface area contributed by atoms with E-state index in [1.54, 1.807) is 7.11 Å². The summed E-state index contributed by atoms with van der Waals surface area (Å²) >= 11 is 0. The Bertz CT molecular complexity index is 730. The Morgan fingerprint density at radius 1 is 1.00 bits per heavy atom. The quantitative estimate of drug-likeness (QED) is 0.710. The van der Waals surface area contributed by atoms with Crippen molar-refractivity contribution in [2.75, 3.05) is 12.4 Å². The second-order valence-electron chi connectivity index (χ2n) is 6.74. The van der Waals surface area contributed by atoms with Crippen molar-refractivity contribution in [3.8, 4) is 5.75 Å². The molecule has 0 saturated carbocycles. The zero-order valence-corrected chi connectivity index (χ0v) is 16.4. The number of benzene rings is 2. The van der Waals surface area contributed by atoms with E-state index in [9.17, 15) is 4.79 Å². The molecule has 26 heavy (non-hydrogen) atoms. The molecule has 0 saturated heterocycles. The lowest BCUT2D eigenvalue weighted by Gasteiger charge is -2.22. The van der Waals surface area contributed by atoms with Crippen LogP contribution in [-0.2, 0) is 4.79 Å². The number of ether oxygens (including phenoxy) is 1. The number of methoxy groups -OCH3 is 1. The fraction of sp³-hybridized carbons (Fsp3) is 0.409. The molecular formula is C22H30N2O2. The average Bonchev–Trinajstić information content (AvgIpc) is 2.67. The molecule has 0 aliphatic rings. The minimum atomic E-state index is -0.333. The summed E-state index contributed by atoms with van der Waals surface area (Å²) in [5.74, 6) is 1.19. The summed E-state index contributed by atoms with van der Waals surface area (Å²) in [6.07, 6.45) is 1.03. The number of para-hydroxylation sites is 2. The Balaban J connectivity index is 2.06. The third-order valence-electron chi connectivity index (χ3n) is 4.86. The average molecular weight is 354 g/mol. The van der Waals surface area contributed by atoms with Gasteiger partial charge in [-0.15, -0.1) is 0 Å². The van der Waals surface area contributed by atoms with E-state index in [0.717, 1.165) is 23.4 Å². The molecular weight excluding hydrogens is 324 g/mol. The highest BCUT2D eigenvalue weighted by Crippen LogP contribution is 2.27. The highest BCUT2D eigenvalue weighted by molar-refractivity contribution is 5.95. The summed E-state index contributed by atoms with van der Waals surface area (Å²) in [6.45, 7) is 8.25. The van der Waals surface area contributed by atoms with Gasteiger partial charge in [0.15, 0.2) is 0 Å². The van der Waals surface area contributed by atoms with Crippen LogP contribution >= 0.6 is 0 Å². The molecule has 3 unspecified atom stereocenters. The molecule has 0 bridgehead atoms. The number of amides is 1. The van der Waals surface area contributed by atoms with Crippen molar-refractivity contribution >= 4 is 11.6 Å². The van der Waals surface area contributed by atoms with E-state index in [4.69, 9.17) is 4.74 Å². The van der Waals surface area contributed by atoms with Crippen molar-refractivity contribution in [3.63, 3.8) is 0 Å². The SMILES string of the molecule is CCC(C)c1ccccc1NC(=O)C(C)NC(C)c1ccccc1OC. The molecule has 140 valence electrons. The summed E-state index contributed by atoms with van der Waals surface area (Å²) in [5.41, 5.74) is 3.11. The van der Waals surface area contributed by atoms with E-state index in [-0.39, 0.29) is 18.0 Å². The molecule has 2 aromatic carbocycles. The van der Waals surface area contributed by atoms with Gasteiger partial charge in [0.1, 0.15) is 5.75 Å². The number of carbonyl (C=O) groups is 1. The van der Waals surface area contributed by atoms with Gasteiger partial charge < -0.3 is 10.1 Å². The molecule has 1 amide bonds. The predicted octanol–water partition coefficient (Wildman–Crippen LogP) is 4.89. The van der Waals surface area contributed by atoms with Gasteiger partial charge in [0, 0.05) is 17.3 Å². The van der Waals surface area contributed by atoms with Crippen LogP contribution < -0.4 is 15.4 Å². The maximum Gasteiger partial charge on any atom is 0.241 e. The number of anilines is 1. The molecule has 4 heteroatoms. The first-order chi connectivity index (χ1) is 12.5. The van der Waals surface area contributed by atoms with Crippen molar-refractivity contribution in [1.29, 1.82) is 0 Å². The number of hydrogen-bond acceptors (Lipinski definition) is 3. The minimum absolute atomic E-state index is 0.00305. The topological polar surface area (TPSA) is 50.4 Å². The molecule has 0 aliphatic heterocycles. The van der Waals surface area contributed by atoms with Gasteiger partial charge in [-0.3, -0.25) is 10.1 Å². The van der Waals surface area contributed by atoms with Gasteiger partial charge in [-0.05, 0) is 43.9 Å². The highest BCUT2D eigenvalue weighted by Gasteiger charge is 2.19. The summed E-state index contributed by atoms with van der Waals surface area (Å²) < 4.78 is 5.42. The Morgan fingerprint density at radius 3 is 2.27 bits per heavy atom. The van der Waals surface area contributed by atoms with Gasteiger partial charge in [0.05, 0.1) is 13.2 Å². The maximum atomic E-state index is 12.7. The van der Waals surface area contributed by atoms with E-state index in [1.807, 2.05) is 56.3 Å². The minimum Gasteiger partial charge on any atom is -0.496 e. The second-order valence-corrected chi connectivity index (χ2v) is 6.74. The van der Waals surface area contributed by atoms with Gasteiger partial charge in [-0.2, -0.15) is 0 Å². The lowest BCUT2D eigenvalue weighted by Crippen LogP contribution is -2.39. The van der Waals surface area contributed by atoms with Crippen LogP contribution in [0.15, 0.2) is 48.5 Å². The first kappa shape index (κ1) is 20.0. The smallest absolute Gasteiger partial charge is 0.241 e. The van der Waals surface area contributed by atoms with Crippen LogP contribution in [0.5, 0.6) is 5.75 Å². The lowest BCUT2D eigenvalue weighted by atomic mass is 9.97. The summed E-state index contributed by atoms with van der Waals surface area (Å²) in [7, 11) is 1.66. The van der Waals surface area contributed by atoms with Crippen LogP contribution in [-0.4, -0.2) is 19.1 Å². The van der Waals surface area contributed by atoms with Gasteiger partial charge >= 0.3 is 0 Å². The molecule has 2 N–H and O–H groups in total. The van der Waals surface area contributed by atoms with E-state index in [1.165, 1.54) is 5.56 Å². The van der Waals surface area contributed by atoms with Crippen molar-refractivity contribution < 1.29 is 9.53 Å². The van der Waals surface area contributed by atoms with E-state index in [0.29, 0.717) is 5.92 Å². The zero-order chi connectivity index (χ0) is 19.1. The number of hydrogen-bond donors (Lipinski definition) is 2. The second kappa shape index (κ2) is 9.39. The standard InChI is InChI=1S/C22H30N2O2/c1-6-15(2)18-11-7-9-13-20(18)24-22(25)17(4)23-16(3)19-12-8-10-14-21(19)26-5/h7-17,23H,6H2,1-5H3,(H,24,25). The zero-order valence-electron chi connectivity index (χ0n) is 16.4. The molecule has 2 aromatic rings. The molecule has 2 rings (SSSR count). The summed E-state index contributed by atoms with van der Waals surface area (Å²) in [6, 6.07) is 15.5. The van der Waals surface area contributed by atoms with Crippen molar-refractivity contribution in [2.45, 2.75) is 52.1 Å². The Labute approximate surface area is 157 Å². The van der Waals surface area contributed by atoms with Gasteiger partial charge in [-0.25, -0.2) is 0 Å². The first-order valence-electron chi connectivity index (χ1n) is 9.26. The number of rotatable bonds is 8. The Kier molecular flexibility index (Phi) is 7.22. The van der Waals surface area contributed by atoms with Gasteiger partial charge in [0.25, 0.3) is 0 Å². The molecule has 0 fully saturated rings. The van der Waals surface area contributed by atoms with Crippen LogP contribution in [0.1, 0.15) is 57.2 Å². The lowest BCUT2D eigenvalue weighted by molar-refractivity contribution is -0.117. The fourth-order valence-electron chi connectivity index (χ4n) is 3.07. The van der Waals surface area contributed by atoms with Crippen LogP contribution in [0.2, 0.25) is 0 Å². The van der Waals surface area contributed by atoms with E-state index in [2.05, 4.69) is 30.5 Å².